The molecule has 0 amide bonds. The SMILES string of the molecule is Cc1cn(-c2ccc(-c3cccc(S(C)(=O)=O)c3)cc2-c2nc(C)oc2-c2ccc(F)c(Cl)c2)c(C)n1. The minimum atomic E-state index is -3.38. The maximum atomic E-state index is 13.9. The summed E-state index contributed by atoms with van der Waals surface area (Å²) < 4.78 is 46.2. The molecule has 2 heterocycles. The van der Waals surface area contributed by atoms with Gasteiger partial charge in [0.25, 0.3) is 0 Å². The van der Waals surface area contributed by atoms with Gasteiger partial charge in [0.05, 0.1) is 21.3 Å². The van der Waals surface area contributed by atoms with Gasteiger partial charge in [0.15, 0.2) is 21.5 Å². The molecule has 0 aliphatic rings. The van der Waals surface area contributed by atoms with Crippen molar-refractivity contribution in [2.75, 3.05) is 6.26 Å². The largest absolute Gasteiger partial charge is 0.440 e. The number of oxazole rings is 1. The van der Waals surface area contributed by atoms with E-state index in [0.717, 1.165) is 33.9 Å². The molecule has 5 rings (SSSR count). The van der Waals surface area contributed by atoms with Crippen molar-refractivity contribution in [3.8, 4) is 39.4 Å². The highest BCUT2D eigenvalue weighted by Gasteiger charge is 2.22. The van der Waals surface area contributed by atoms with Gasteiger partial charge in [-0.05, 0) is 67.4 Å². The van der Waals surface area contributed by atoms with Gasteiger partial charge in [0.2, 0.25) is 0 Å². The Morgan fingerprint density at radius 3 is 2.32 bits per heavy atom. The van der Waals surface area contributed by atoms with E-state index < -0.39 is 15.7 Å². The van der Waals surface area contributed by atoms with Crippen LogP contribution in [0.25, 0.3) is 39.4 Å². The Kier molecular flexibility index (Phi) is 6.25. The van der Waals surface area contributed by atoms with Crippen molar-refractivity contribution in [1.82, 2.24) is 14.5 Å². The number of rotatable bonds is 5. The predicted octanol–water partition coefficient (Wildman–Crippen LogP) is 6.98. The van der Waals surface area contributed by atoms with E-state index in [0.29, 0.717) is 22.9 Å². The van der Waals surface area contributed by atoms with Crippen molar-refractivity contribution < 1.29 is 17.2 Å². The number of benzene rings is 3. The monoisotopic (exact) mass is 535 g/mol. The van der Waals surface area contributed by atoms with Crippen LogP contribution in [0.5, 0.6) is 0 Å². The van der Waals surface area contributed by atoms with Crippen LogP contribution in [0.1, 0.15) is 17.4 Å². The second-order valence-electron chi connectivity index (χ2n) is 8.87. The van der Waals surface area contributed by atoms with Gasteiger partial charge in [-0.1, -0.05) is 29.8 Å². The molecule has 5 aromatic rings. The van der Waals surface area contributed by atoms with E-state index in [4.69, 9.17) is 21.0 Å². The first-order valence-corrected chi connectivity index (χ1v) is 13.7. The summed E-state index contributed by atoms with van der Waals surface area (Å²) in [5.74, 6) is 1.13. The van der Waals surface area contributed by atoms with Crippen LogP contribution in [0.3, 0.4) is 0 Å². The third-order valence-electron chi connectivity index (χ3n) is 6.03. The number of nitrogens with zero attached hydrogens (tertiary/aromatic N) is 3. The first kappa shape index (κ1) is 24.9. The van der Waals surface area contributed by atoms with E-state index in [9.17, 15) is 12.8 Å². The molecule has 3 aromatic carbocycles. The third kappa shape index (κ3) is 4.82. The second-order valence-corrected chi connectivity index (χ2v) is 11.3. The number of imidazole rings is 1. The zero-order valence-corrected chi connectivity index (χ0v) is 22.2. The molecule has 0 atom stereocenters. The zero-order chi connectivity index (χ0) is 26.5. The van der Waals surface area contributed by atoms with Gasteiger partial charge in [-0.2, -0.15) is 0 Å². The molecule has 0 aliphatic heterocycles. The van der Waals surface area contributed by atoms with Gasteiger partial charge >= 0.3 is 0 Å². The molecule has 37 heavy (non-hydrogen) atoms. The van der Waals surface area contributed by atoms with Crippen LogP contribution in [0.2, 0.25) is 5.02 Å². The maximum absolute atomic E-state index is 13.9. The van der Waals surface area contributed by atoms with E-state index in [-0.39, 0.29) is 9.92 Å². The summed E-state index contributed by atoms with van der Waals surface area (Å²) in [7, 11) is -3.38. The van der Waals surface area contributed by atoms with Gasteiger partial charge in [-0.3, -0.25) is 0 Å². The smallest absolute Gasteiger partial charge is 0.192 e. The Labute approximate surface area is 219 Å². The van der Waals surface area contributed by atoms with Gasteiger partial charge in [0, 0.05) is 30.5 Å². The van der Waals surface area contributed by atoms with Crippen LogP contribution in [-0.2, 0) is 9.84 Å². The Hall–Kier alpha value is -3.75. The molecule has 0 saturated heterocycles. The quantitative estimate of drug-likeness (QED) is 0.242. The minimum absolute atomic E-state index is 0.0230. The lowest BCUT2D eigenvalue weighted by molar-refractivity contribution is 0.534. The zero-order valence-electron chi connectivity index (χ0n) is 20.6. The van der Waals surface area contributed by atoms with E-state index >= 15 is 0 Å². The van der Waals surface area contributed by atoms with Gasteiger partial charge in [-0.15, -0.1) is 0 Å². The number of aromatic nitrogens is 3. The molecule has 0 fully saturated rings. The highest BCUT2D eigenvalue weighted by molar-refractivity contribution is 7.90. The Bertz CT molecular complexity index is 1770. The molecule has 2 aromatic heterocycles. The standard InChI is InChI=1S/C28H23ClFN3O3S/c1-16-15-33(17(2)31-16)26-11-9-20(19-6-5-7-22(12-19)37(4,34)35)13-23(26)27-28(36-18(3)32-27)21-8-10-25(30)24(29)14-21/h5-15H,1-4H3. The van der Waals surface area contributed by atoms with Crippen LogP contribution in [0.4, 0.5) is 4.39 Å². The van der Waals surface area contributed by atoms with Gasteiger partial charge in [-0.25, -0.2) is 22.8 Å². The maximum Gasteiger partial charge on any atom is 0.192 e. The molecule has 0 unspecified atom stereocenters. The second kappa shape index (κ2) is 9.28. The molecule has 0 bridgehead atoms. The predicted molar refractivity (Wildman–Crippen MR) is 142 cm³/mol. The van der Waals surface area contributed by atoms with Gasteiger partial charge in [0.1, 0.15) is 17.3 Å². The first-order valence-electron chi connectivity index (χ1n) is 11.4. The molecule has 188 valence electrons. The fourth-order valence-electron chi connectivity index (χ4n) is 4.33. The number of halogens is 2. The summed E-state index contributed by atoms with van der Waals surface area (Å²) in [4.78, 5) is 9.46. The lowest BCUT2D eigenvalue weighted by Gasteiger charge is -2.14. The molecular weight excluding hydrogens is 513 g/mol. The topological polar surface area (TPSA) is 78.0 Å². The average Bonchev–Trinajstić information content (AvgIpc) is 3.41. The summed E-state index contributed by atoms with van der Waals surface area (Å²) in [6.07, 6.45) is 3.11. The van der Waals surface area contributed by atoms with E-state index in [1.807, 2.05) is 48.9 Å². The molecule has 0 saturated carbocycles. The number of hydrogen-bond donors (Lipinski definition) is 0. The lowest BCUT2D eigenvalue weighted by Crippen LogP contribution is -2.00. The lowest BCUT2D eigenvalue weighted by atomic mass is 9.98. The normalized spacial score (nSPS) is 11.7. The number of hydrogen-bond acceptors (Lipinski definition) is 5. The van der Waals surface area contributed by atoms with Crippen LogP contribution < -0.4 is 0 Å². The highest BCUT2D eigenvalue weighted by Crippen LogP contribution is 2.39. The van der Waals surface area contributed by atoms with E-state index in [2.05, 4.69) is 4.98 Å². The molecule has 0 N–H and O–H groups in total. The molecule has 0 aliphatic carbocycles. The van der Waals surface area contributed by atoms with Crippen molar-refractivity contribution in [1.29, 1.82) is 0 Å². The summed E-state index contributed by atoms with van der Waals surface area (Å²) in [6.45, 7) is 5.57. The molecule has 6 nitrogen and oxygen atoms in total. The molecular formula is C28H23ClFN3O3S. The number of aryl methyl sites for hydroxylation is 3. The molecule has 0 radical (unpaired) electrons. The average molecular weight is 536 g/mol. The Morgan fingerprint density at radius 1 is 0.919 bits per heavy atom. The summed E-state index contributed by atoms with van der Waals surface area (Å²) in [6, 6.07) is 17.0. The van der Waals surface area contributed by atoms with Crippen molar-refractivity contribution in [3.05, 3.63) is 95.1 Å². The Balaban J connectivity index is 1.77. The van der Waals surface area contributed by atoms with Crippen molar-refractivity contribution in [2.24, 2.45) is 0 Å². The Morgan fingerprint density at radius 2 is 1.65 bits per heavy atom. The fourth-order valence-corrected chi connectivity index (χ4v) is 5.17. The first-order chi connectivity index (χ1) is 17.5. The van der Waals surface area contributed by atoms with Crippen LogP contribution in [-0.4, -0.2) is 29.2 Å². The van der Waals surface area contributed by atoms with Gasteiger partial charge < -0.3 is 8.98 Å². The van der Waals surface area contributed by atoms with E-state index in [1.165, 1.54) is 18.4 Å². The minimum Gasteiger partial charge on any atom is -0.440 e. The summed E-state index contributed by atoms with van der Waals surface area (Å²) >= 11 is 6.08. The van der Waals surface area contributed by atoms with Crippen molar-refractivity contribution in [3.63, 3.8) is 0 Å². The third-order valence-corrected chi connectivity index (χ3v) is 7.43. The number of sulfone groups is 1. The van der Waals surface area contributed by atoms with Crippen molar-refractivity contribution in [2.45, 2.75) is 25.7 Å². The van der Waals surface area contributed by atoms with Crippen LogP contribution in [0, 0.1) is 26.6 Å². The van der Waals surface area contributed by atoms with Crippen LogP contribution >= 0.6 is 11.6 Å². The van der Waals surface area contributed by atoms with E-state index in [1.54, 1.807) is 31.2 Å². The van der Waals surface area contributed by atoms with Crippen LogP contribution in [0.15, 0.2) is 76.2 Å². The summed E-state index contributed by atoms with van der Waals surface area (Å²) in [5, 5.41) is -0.0230. The van der Waals surface area contributed by atoms with Crippen molar-refractivity contribution >= 4 is 21.4 Å². The molecule has 0 spiro atoms. The fraction of sp³-hybridized carbons (Fsp3) is 0.143. The molecule has 9 heteroatoms. The summed E-state index contributed by atoms with van der Waals surface area (Å²) in [5.41, 5.74) is 5.05. The highest BCUT2D eigenvalue weighted by atomic mass is 35.5.